The summed E-state index contributed by atoms with van der Waals surface area (Å²) in [5, 5.41) is 2.99. The summed E-state index contributed by atoms with van der Waals surface area (Å²) in [7, 11) is 0. The Morgan fingerprint density at radius 3 is 2.90 bits per heavy atom. The molecule has 1 N–H and O–H groups in total. The van der Waals surface area contributed by atoms with Gasteiger partial charge < -0.3 is 14.6 Å². The van der Waals surface area contributed by atoms with Gasteiger partial charge in [-0.15, -0.1) is 0 Å². The molecular weight excluding hydrogens is 394 g/mol. The van der Waals surface area contributed by atoms with E-state index in [1.807, 2.05) is 17.9 Å². The fourth-order valence-electron chi connectivity index (χ4n) is 4.74. The van der Waals surface area contributed by atoms with Gasteiger partial charge in [-0.05, 0) is 49.8 Å². The molecule has 0 bridgehead atoms. The number of nitrogens with zero attached hydrogens (tertiary/aromatic N) is 4. The first kappa shape index (κ1) is 19.7. The van der Waals surface area contributed by atoms with Gasteiger partial charge in [-0.3, -0.25) is 19.6 Å². The molecule has 8 nitrogen and oxygen atoms in total. The fraction of sp³-hybridized carbons (Fsp3) is 0.435. The number of nitrogens with one attached hydrogen (secondary N) is 1. The van der Waals surface area contributed by atoms with Crippen LogP contribution in [-0.2, 0) is 11.3 Å². The highest BCUT2D eigenvalue weighted by Gasteiger charge is 2.48. The Kier molecular flexibility index (Phi) is 4.92. The van der Waals surface area contributed by atoms with Crippen LogP contribution in [0, 0.1) is 31.6 Å². The van der Waals surface area contributed by atoms with Crippen LogP contribution in [0.25, 0.3) is 11.1 Å². The lowest BCUT2D eigenvalue weighted by molar-refractivity contribution is -0.136. The lowest BCUT2D eigenvalue weighted by Gasteiger charge is -2.50. The molecule has 1 aromatic carbocycles. The molecule has 31 heavy (non-hydrogen) atoms. The van der Waals surface area contributed by atoms with E-state index in [4.69, 9.17) is 4.42 Å². The summed E-state index contributed by atoms with van der Waals surface area (Å²) < 4.78 is 5.57. The molecule has 8 heteroatoms. The third-order valence-electron chi connectivity index (χ3n) is 6.52. The molecule has 0 radical (unpaired) electrons. The maximum absolute atomic E-state index is 13.1. The Labute approximate surface area is 180 Å². The molecule has 3 atom stereocenters. The minimum Gasteiger partial charge on any atom is -0.441 e. The summed E-state index contributed by atoms with van der Waals surface area (Å²) in [6.45, 7) is 5.38. The van der Waals surface area contributed by atoms with E-state index in [-0.39, 0.29) is 23.7 Å². The van der Waals surface area contributed by atoms with E-state index >= 15 is 0 Å². The summed E-state index contributed by atoms with van der Waals surface area (Å²) >= 11 is 0. The second-order valence-corrected chi connectivity index (χ2v) is 8.59. The Morgan fingerprint density at radius 1 is 1.23 bits per heavy atom. The highest BCUT2D eigenvalue weighted by Crippen LogP contribution is 2.46. The van der Waals surface area contributed by atoms with Crippen molar-refractivity contribution in [3.8, 4) is 0 Å². The third-order valence-corrected chi connectivity index (χ3v) is 6.52. The zero-order valence-electron chi connectivity index (χ0n) is 17.7. The van der Waals surface area contributed by atoms with E-state index in [0.29, 0.717) is 36.0 Å². The van der Waals surface area contributed by atoms with E-state index in [1.54, 1.807) is 31.5 Å². The molecule has 2 aliphatic rings. The van der Waals surface area contributed by atoms with Crippen molar-refractivity contribution in [1.29, 1.82) is 0 Å². The molecule has 1 saturated carbocycles. The van der Waals surface area contributed by atoms with Crippen molar-refractivity contribution in [3.05, 3.63) is 53.4 Å². The SMILES string of the molecule is Cc1cnc(CNC(=O)[C@@H]2C[C@H]3CCN(C(=O)c4ccc5nc(C)oc5c4)C[C@H]32)cn1. The van der Waals surface area contributed by atoms with Gasteiger partial charge in [0.05, 0.1) is 24.1 Å². The van der Waals surface area contributed by atoms with Gasteiger partial charge in [0.25, 0.3) is 5.91 Å². The van der Waals surface area contributed by atoms with E-state index in [0.717, 1.165) is 36.3 Å². The Bertz CT molecular complexity index is 1140. The summed E-state index contributed by atoms with van der Waals surface area (Å²) in [5.41, 5.74) is 3.57. The van der Waals surface area contributed by atoms with Gasteiger partial charge in [-0.1, -0.05) is 0 Å². The number of aryl methyl sites for hydroxylation is 2. The minimum atomic E-state index is -0.0570. The molecule has 0 spiro atoms. The Balaban J connectivity index is 1.22. The first-order valence-corrected chi connectivity index (χ1v) is 10.7. The molecule has 3 heterocycles. The standard InChI is InChI=1S/C23H25N5O3/c1-13-9-25-17(10-24-13)11-26-22(29)18-7-15-5-6-28(12-19(15)18)23(30)16-3-4-20-21(8-16)31-14(2)27-20/h3-4,8-10,15,18-19H,5-7,11-12H2,1-2H3,(H,26,29)/t15-,18-,19-/m1/s1. The number of amides is 2. The maximum atomic E-state index is 13.1. The van der Waals surface area contributed by atoms with Crippen LogP contribution >= 0.6 is 0 Å². The van der Waals surface area contributed by atoms with E-state index in [2.05, 4.69) is 20.3 Å². The van der Waals surface area contributed by atoms with Gasteiger partial charge in [-0.25, -0.2) is 4.98 Å². The summed E-state index contributed by atoms with van der Waals surface area (Å²) in [6, 6.07) is 5.38. The predicted molar refractivity (Wildman–Crippen MR) is 113 cm³/mol. The molecule has 1 aliphatic heterocycles. The molecule has 1 saturated heterocycles. The van der Waals surface area contributed by atoms with Crippen LogP contribution in [0.5, 0.6) is 0 Å². The lowest BCUT2D eigenvalue weighted by atomic mass is 9.61. The molecule has 2 fully saturated rings. The van der Waals surface area contributed by atoms with Crippen LogP contribution in [0.3, 0.4) is 0 Å². The number of rotatable bonds is 4. The number of hydrogen-bond acceptors (Lipinski definition) is 6. The first-order chi connectivity index (χ1) is 15.0. The number of oxazole rings is 1. The average molecular weight is 419 g/mol. The van der Waals surface area contributed by atoms with Crippen LogP contribution in [0.2, 0.25) is 0 Å². The largest absolute Gasteiger partial charge is 0.441 e. The van der Waals surface area contributed by atoms with Gasteiger partial charge in [0.1, 0.15) is 5.52 Å². The molecule has 160 valence electrons. The topological polar surface area (TPSA) is 101 Å². The van der Waals surface area contributed by atoms with Crippen molar-refractivity contribution < 1.29 is 14.0 Å². The Hall–Kier alpha value is -3.29. The van der Waals surface area contributed by atoms with Gasteiger partial charge in [0, 0.05) is 37.7 Å². The van der Waals surface area contributed by atoms with E-state index < -0.39 is 0 Å². The molecule has 3 aromatic rings. The highest BCUT2D eigenvalue weighted by molar-refractivity contribution is 5.97. The summed E-state index contributed by atoms with van der Waals surface area (Å²) in [6.07, 6.45) is 5.21. The van der Waals surface area contributed by atoms with Crippen LogP contribution in [0.1, 0.15) is 40.5 Å². The second kappa shape index (κ2) is 7.76. The lowest BCUT2D eigenvalue weighted by Crippen LogP contribution is -2.56. The van der Waals surface area contributed by atoms with Crippen LogP contribution < -0.4 is 5.32 Å². The quantitative estimate of drug-likeness (QED) is 0.698. The number of fused-ring (bicyclic) bond motifs is 2. The van der Waals surface area contributed by atoms with Crippen LogP contribution in [0.15, 0.2) is 35.0 Å². The first-order valence-electron chi connectivity index (χ1n) is 10.7. The number of benzene rings is 1. The third kappa shape index (κ3) is 3.78. The number of piperidine rings is 1. The number of hydrogen-bond donors (Lipinski definition) is 1. The molecule has 5 rings (SSSR count). The number of carbonyl (C=O) groups is 2. The van der Waals surface area contributed by atoms with Crippen LogP contribution in [0.4, 0.5) is 0 Å². The predicted octanol–water partition coefficient (Wildman–Crippen LogP) is 2.65. The molecule has 2 aromatic heterocycles. The average Bonchev–Trinajstić information content (AvgIpc) is 3.13. The second-order valence-electron chi connectivity index (χ2n) is 8.59. The maximum Gasteiger partial charge on any atom is 0.254 e. The van der Waals surface area contributed by atoms with Gasteiger partial charge >= 0.3 is 0 Å². The normalized spacial score (nSPS) is 22.6. The van der Waals surface area contributed by atoms with Crippen LogP contribution in [-0.4, -0.2) is 44.8 Å². The molecule has 1 aliphatic carbocycles. The number of likely N-dealkylation sites (tertiary alicyclic amines) is 1. The Morgan fingerprint density at radius 2 is 2.10 bits per heavy atom. The monoisotopic (exact) mass is 419 g/mol. The van der Waals surface area contributed by atoms with Crippen molar-refractivity contribution in [3.63, 3.8) is 0 Å². The zero-order chi connectivity index (χ0) is 21.5. The zero-order valence-corrected chi connectivity index (χ0v) is 17.7. The van der Waals surface area contributed by atoms with Crippen molar-refractivity contribution in [2.24, 2.45) is 17.8 Å². The van der Waals surface area contributed by atoms with Gasteiger partial charge in [0.2, 0.25) is 5.91 Å². The smallest absolute Gasteiger partial charge is 0.254 e. The minimum absolute atomic E-state index is 0.0182. The highest BCUT2D eigenvalue weighted by atomic mass is 16.3. The van der Waals surface area contributed by atoms with Crippen molar-refractivity contribution in [2.45, 2.75) is 33.2 Å². The molecule has 0 unspecified atom stereocenters. The number of carbonyl (C=O) groups excluding carboxylic acids is 2. The fourth-order valence-corrected chi connectivity index (χ4v) is 4.74. The number of aromatic nitrogens is 3. The van der Waals surface area contributed by atoms with Crippen molar-refractivity contribution in [2.75, 3.05) is 13.1 Å². The van der Waals surface area contributed by atoms with Crippen molar-refractivity contribution >= 4 is 22.9 Å². The van der Waals surface area contributed by atoms with Gasteiger partial charge in [-0.2, -0.15) is 0 Å². The summed E-state index contributed by atoms with van der Waals surface area (Å²) in [4.78, 5) is 40.5. The summed E-state index contributed by atoms with van der Waals surface area (Å²) in [5.74, 6) is 1.27. The molecular formula is C23H25N5O3. The van der Waals surface area contributed by atoms with Gasteiger partial charge in [0.15, 0.2) is 11.5 Å². The molecule has 2 amide bonds. The van der Waals surface area contributed by atoms with E-state index in [9.17, 15) is 9.59 Å². The van der Waals surface area contributed by atoms with Crippen molar-refractivity contribution in [1.82, 2.24) is 25.2 Å². The van der Waals surface area contributed by atoms with E-state index in [1.165, 1.54) is 0 Å².